The molecule has 3 aromatic rings. The zero-order chi connectivity index (χ0) is 24.0. The van der Waals surface area contributed by atoms with E-state index in [4.69, 9.17) is 0 Å². The molecule has 1 N–H and O–H groups in total. The Morgan fingerprint density at radius 2 is 1.73 bits per heavy atom. The number of hydrogen-bond acceptors (Lipinski definition) is 5. The summed E-state index contributed by atoms with van der Waals surface area (Å²) in [4.78, 5) is 14.8. The van der Waals surface area contributed by atoms with Crippen LogP contribution in [0.15, 0.2) is 59.8 Å². The maximum absolute atomic E-state index is 12.6. The molecule has 0 aliphatic carbocycles. The molecule has 0 saturated carbocycles. The van der Waals surface area contributed by atoms with E-state index >= 15 is 0 Å². The van der Waals surface area contributed by atoms with Crippen molar-refractivity contribution in [1.29, 1.82) is 0 Å². The molecule has 0 bridgehead atoms. The van der Waals surface area contributed by atoms with Crippen LogP contribution < -0.4 is 5.32 Å². The van der Waals surface area contributed by atoms with Crippen molar-refractivity contribution in [3.63, 3.8) is 0 Å². The van der Waals surface area contributed by atoms with E-state index in [2.05, 4.69) is 91.0 Å². The van der Waals surface area contributed by atoms with Crippen molar-refractivity contribution < 1.29 is 4.79 Å². The van der Waals surface area contributed by atoms with E-state index in [1.165, 1.54) is 22.9 Å². The van der Waals surface area contributed by atoms with Crippen LogP contribution in [0.1, 0.15) is 57.1 Å². The molecule has 1 amide bonds. The smallest absolute Gasteiger partial charge is 0.234 e. The summed E-state index contributed by atoms with van der Waals surface area (Å²) in [6, 6.07) is 18.5. The van der Waals surface area contributed by atoms with E-state index in [1.807, 2.05) is 30.3 Å². The van der Waals surface area contributed by atoms with Gasteiger partial charge in [0, 0.05) is 5.69 Å². The monoisotopic (exact) mass is 465 g/mol. The summed E-state index contributed by atoms with van der Waals surface area (Å²) < 4.78 is 2.14. The molecule has 0 radical (unpaired) electrons. The minimum atomic E-state index is -0.0565. The lowest BCUT2D eigenvalue weighted by molar-refractivity contribution is -0.113. The van der Waals surface area contributed by atoms with Crippen LogP contribution in [0.3, 0.4) is 0 Å². The van der Waals surface area contributed by atoms with Gasteiger partial charge in [-0.15, -0.1) is 10.2 Å². The molecule has 33 heavy (non-hydrogen) atoms. The average molecular weight is 466 g/mol. The molecule has 0 saturated heterocycles. The lowest BCUT2D eigenvalue weighted by atomic mass is 9.87. The van der Waals surface area contributed by atoms with Gasteiger partial charge in [0.1, 0.15) is 0 Å². The van der Waals surface area contributed by atoms with Crippen LogP contribution in [-0.4, -0.2) is 45.4 Å². The van der Waals surface area contributed by atoms with Crippen molar-refractivity contribution in [2.75, 3.05) is 25.2 Å². The van der Waals surface area contributed by atoms with Crippen molar-refractivity contribution in [2.24, 2.45) is 0 Å². The number of benzene rings is 2. The predicted octanol–water partition coefficient (Wildman–Crippen LogP) is 5.37. The van der Waals surface area contributed by atoms with Crippen LogP contribution in [0.5, 0.6) is 0 Å². The molecule has 1 heterocycles. The SMILES string of the molecule is CCC(c1nnc(SCC(=O)Nc2ccc(C(C)(C)C)cc2)n1Cc1ccccc1)N(C)C. The molecule has 7 heteroatoms. The summed E-state index contributed by atoms with van der Waals surface area (Å²) in [6.07, 6.45) is 0.926. The van der Waals surface area contributed by atoms with Gasteiger partial charge in [-0.1, -0.05) is 81.9 Å². The molecule has 0 aliphatic rings. The molecular weight excluding hydrogens is 430 g/mol. The van der Waals surface area contributed by atoms with E-state index in [1.54, 1.807) is 0 Å². The molecule has 0 fully saturated rings. The number of thioether (sulfide) groups is 1. The lowest BCUT2D eigenvalue weighted by Gasteiger charge is -2.23. The first kappa shape index (κ1) is 25.0. The normalized spacial score (nSPS) is 12.7. The van der Waals surface area contributed by atoms with Crippen molar-refractivity contribution in [3.05, 3.63) is 71.5 Å². The fourth-order valence-electron chi connectivity index (χ4n) is 3.73. The fraction of sp³-hybridized carbons (Fsp3) is 0.423. The Bertz CT molecular complexity index is 1040. The molecule has 1 atom stereocenters. The van der Waals surface area contributed by atoms with Gasteiger partial charge in [0.05, 0.1) is 18.3 Å². The van der Waals surface area contributed by atoms with Crippen LogP contribution in [0.2, 0.25) is 0 Å². The summed E-state index contributed by atoms with van der Waals surface area (Å²) in [7, 11) is 4.11. The molecule has 0 spiro atoms. The van der Waals surface area contributed by atoms with Gasteiger partial charge in [-0.2, -0.15) is 0 Å². The molecule has 1 aromatic heterocycles. The Morgan fingerprint density at radius 3 is 2.30 bits per heavy atom. The molecule has 6 nitrogen and oxygen atoms in total. The molecule has 3 rings (SSSR count). The average Bonchev–Trinajstić information content (AvgIpc) is 3.15. The number of hydrogen-bond donors (Lipinski definition) is 1. The van der Waals surface area contributed by atoms with Gasteiger partial charge in [-0.3, -0.25) is 9.69 Å². The largest absolute Gasteiger partial charge is 0.325 e. The van der Waals surface area contributed by atoms with E-state index in [9.17, 15) is 4.79 Å². The summed E-state index contributed by atoms with van der Waals surface area (Å²) in [5.41, 5.74) is 3.31. The third kappa shape index (κ3) is 6.68. The van der Waals surface area contributed by atoms with Crippen LogP contribution in [-0.2, 0) is 16.8 Å². The zero-order valence-corrected chi connectivity index (χ0v) is 21.3. The van der Waals surface area contributed by atoms with Crippen molar-refractivity contribution >= 4 is 23.4 Å². The van der Waals surface area contributed by atoms with E-state index in [0.717, 1.165) is 23.1 Å². The van der Waals surface area contributed by atoms with Crippen LogP contribution >= 0.6 is 11.8 Å². The first-order chi connectivity index (χ1) is 15.7. The predicted molar refractivity (Wildman–Crippen MR) is 137 cm³/mol. The van der Waals surface area contributed by atoms with Gasteiger partial charge in [0.2, 0.25) is 5.91 Å². The van der Waals surface area contributed by atoms with E-state index in [-0.39, 0.29) is 23.1 Å². The summed E-state index contributed by atoms with van der Waals surface area (Å²) >= 11 is 1.42. The van der Waals surface area contributed by atoms with Crippen molar-refractivity contribution in [2.45, 2.75) is 57.3 Å². The summed E-state index contributed by atoms with van der Waals surface area (Å²) in [5, 5.41) is 12.7. The second kappa shape index (κ2) is 11.0. The van der Waals surface area contributed by atoms with E-state index < -0.39 is 0 Å². The van der Waals surface area contributed by atoms with Crippen LogP contribution in [0.4, 0.5) is 5.69 Å². The topological polar surface area (TPSA) is 63.1 Å². The minimum Gasteiger partial charge on any atom is -0.325 e. The highest BCUT2D eigenvalue weighted by molar-refractivity contribution is 7.99. The Hall–Kier alpha value is -2.64. The maximum Gasteiger partial charge on any atom is 0.234 e. The Balaban J connectivity index is 1.73. The minimum absolute atomic E-state index is 0.0565. The Labute approximate surface area is 201 Å². The number of amides is 1. The third-order valence-electron chi connectivity index (χ3n) is 5.60. The van der Waals surface area contributed by atoms with Crippen molar-refractivity contribution in [1.82, 2.24) is 19.7 Å². The number of carbonyl (C=O) groups is 1. The van der Waals surface area contributed by atoms with Crippen molar-refractivity contribution in [3.8, 4) is 0 Å². The van der Waals surface area contributed by atoms with Gasteiger partial charge in [0.25, 0.3) is 0 Å². The van der Waals surface area contributed by atoms with Crippen LogP contribution in [0.25, 0.3) is 0 Å². The van der Waals surface area contributed by atoms with Gasteiger partial charge < -0.3 is 9.88 Å². The number of aromatic nitrogens is 3. The number of nitrogens with one attached hydrogen (secondary N) is 1. The van der Waals surface area contributed by atoms with Gasteiger partial charge in [0.15, 0.2) is 11.0 Å². The molecule has 0 aliphatic heterocycles. The molecular formula is C26H35N5OS. The quantitative estimate of drug-likeness (QED) is 0.431. The highest BCUT2D eigenvalue weighted by Gasteiger charge is 2.22. The third-order valence-corrected chi connectivity index (χ3v) is 6.57. The first-order valence-corrected chi connectivity index (χ1v) is 12.3. The lowest BCUT2D eigenvalue weighted by Crippen LogP contribution is -2.23. The summed E-state index contributed by atoms with van der Waals surface area (Å²) in [6.45, 7) is 9.35. The summed E-state index contributed by atoms with van der Waals surface area (Å²) in [5.74, 6) is 1.14. The second-order valence-electron chi connectivity index (χ2n) is 9.46. The number of anilines is 1. The molecule has 176 valence electrons. The second-order valence-corrected chi connectivity index (χ2v) is 10.4. The highest BCUT2D eigenvalue weighted by atomic mass is 32.2. The van der Waals surface area contributed by atoms with Gasteiger partial charge in [-0.05, 0) is 49.2 Å². The highest BCUT2D eigenvalue weighted by Crippen LogP contribution is 2.27. The molecule has 1 unspecified atom stereocenters. The van der Waals surface area contributed by atoms with Crippen LogP contribution in [0, 0.1) is 0 Å². The van der Waals surface area contributed by atoms with E-state index in [0.29, 0.717) is 6.54 Å². The zero-order valence-electron chi connectivity index (χ0n) is 20.5. The first-order valence-electron chi connectivity index (χ1n) is 11.4. The number of rotatable bonds is 9. The maximum atomic E-state index is 12.6. The van der Waals surface area contributed by atoms with Gasteiger partial charge >= 0.3 is 0 Å². The van der Waals surface area contributed by atoms with Gasteiger partial charge in [-0.25, -0.2) is 0 Å². The standard InChI is InChI=1S/C26H35N5OS/c1-7-22(30(5)6)24-28-29-25(31(24)17-19-11-9-8-10-12-19)33-18-23(32)27-21-15-13-20(14-16-21)26(2,3)4/h8-16,22H,7,17-18H2,1-6H3,(H,27,32). The number of carbonyl (C=O) groups excluding carboxylic acids is 1. The number of nitrogens with zero attached hydrogens (tertiary/aromatic N) is 4. The Morgan fingerprint density at radius 1 is 1.06 bits per heavy atom. The Kier molecular flexibility index (Phi) is 8.32. The molecule has 2 aromatic carbocycles. The fourth-order valence-corrected chi connectivity index (χ4v) is 4.47.